The first-order chi connectivity index (χ1) is 4.68. The van der Waals surface area contributed by atoms with E-state index in [0.717, 1.165) is 19.4 Å². The Kier molecular flexibility index (Phi) is 4.65. The zero-order valence-electron chi connectivity index (χ0n) is 7.31. The van der Waals surface area contributed by atoms with Crippen LogP contribution in [0.15, 0.2) is 0 Å². The zero-order chi connectivity index (χ0) is 8.04. The molecule has 0 aromatic rings. The lowest BCUT2D eigenvalue weighted by Gasteiger charge is -2.25. The second-order valence-electron chi connectivity index (χ2n) is 3.03. The van der Waals surface area contributed by atoms with Crippen molar-refractivity contribution in [2.75, 3.05) is 13.3 Å². The Bertz CT molecular complexity index is 79.3. The van der Waals surface area contributed by atoms with Crippen molar-refractivity contribution in [3.8, 4) is 0 Å². The molecule has 0 aromatic heterocycles. The third-order valence-corrected chi connectivity index (χ3v) is 2.28. The SMILES string of the molecule is CCC(C)(CC)COCN. The quantitative estimate of drug-likeness (QED) is 0.598. The van der Waals surface area contributed by atoms with Crippen molar-refractivity contribution in [3.63, 3.8) is 0 Å². The lowest BCUT2D eigenvalue weighted by molar-refractivity contribution is 0.0521. The van der Waals surface area contributed by atoms with Crippen LogP contribution in [-0.4, -0.2) is 13.3 Å². The number of ether oxygens (including phenoxy) is 1. The van der Waals surface area contributed by atoms with E-state index in [1.165, 1.54) is 0 Å². The van der Waals surface area contributed by atoms with E-state index in [1.807, 2.05) is 0 Å². The first kappa shape index (κ1) is 9.92. The van der Waals surface area contributed by atoms with Crippen LogP contribution < -0.4 is 5.73 Å². The van der Waals surface area contributed by atoms with Gasteiger partial charge in [0.25, 0.3) is 0 Å². The Morgan fingerprint density at radius 1 is 1.30 bits per heavy atom. The van der Waals surface area contributed by atoms with E-state index in [2.05, 4.69) is 20.8 Å². The van der Waals surface area contributed by atoms with Crippen LogP contribution in [0.1, 0.15) is 33.6 Å². The maximum absolute atomic E-state index is 5.22. The van der Waals surface area contributed by atoms with Crippen molar-refractivity contribution >= 4 is 0 Å². The molecule has 62 valence electrons. The van der Waals surface area contributed by atoms with Crippen molar-refractivity contribution < 1.29 is 4.74 Å². The molecule has 0 bridgehead atoms. The molecule has 10 heavy (non-hydrogen) atoms. The minimum absolute atomic E-state index is 0.333. The van der Waals surface area contributed by atoms with Crippen LogP contribution >= 0.6 is 0 Å². The van der Waals surface area contributed by atoms with Crippen LogP contribution in [0.2, 0.25) is 0 Å². The van der Waals surface area contributed by atoms with Crippen molar-refractivity contribution in [2.45, 2.75) is 33.6 Å². The minimum atomic E-state index is 0.333. The highest BCUT2D eigenvalue weighted by Crippen LogP contribution is 2.24. The second-order valence-corrected chi connectivity index (χ2v) is 3.03. The second kappa shape index (κ2) is 4.69. The number of rotatable bonds is 5. The topological polar surface area (TPSA) is 35.2 Å². The van der Waals surface area contributed by atoms with Crippen LogP contribution in [-0.2, 0) is 4.74 Å². The van der Waals surface area contributed by atoms with Gasteiger partial charge in [0, 0.05) is 0 Å². The molecule has 2 heteroatoms. The predicted molar refractivity (Wildman–Crippen MR) is 43.7 cm³/mol. The average molecular weight is 145 g/mol. The Morgan fingerprint density at radius 2 is 1.80 bits per heavy atom. The third kappa shape index (κ3) is 3.18. The maximum atomic E-state index is 5.22. The summed E-state index contributed by atoms with van der Waals surface area (Å²) in [6.45, 7) is 7.72. The highest BCUT2D eigenvalue weighted by Gasteiger charge is 2.18. The first-order valence-corrected chi connectivity index (χ1v) is 3.96. The van der Waals surface area contributed by atoms with Crippen LogP contribution in [0.4, 0.5) is 0 Å². The molecule has 0 heterocycles. The van der Waals surface area contributed by atoms with Gasteiger partial charge in [-0.3, -0.25) is 0 Å². The molecule has 2 N–H and O–H groups in total. The molecule has 0 saturated carbocycles. The molecule has 0 spiro atoms. The summed E-state index contributed by atoms with van der Waals surface area (Å²) in [6.07, 6.45) is 2.31. The highest BCUT2D eigenvalue weighted by molar-refractivity contribution is 4.69. The lowest BCUT2D eigenvalue weighted by atomic mass is 9.86. The average Bonchev–Trinajstić information content (AvgIpc) is 2.00. The van der Waals surface area contributed by atoms with Gasteiger partial charge in [0.2, 0.25) is 0 Å². The fourth-order valence-corrected chi connectivity index (χ4v) is 0.759. The fraction of sp³-hybridized carbons (Fsp3) is 1.00. The summed E-state index contributed by atoms with van der Waals surface area (Å²) in [5.41, 5.74) is 5.56. The van der Waals surface area contributed by atoms with Crippen LogP contribution in [0.25, 0.3) is 0 Å². The Hall–Kier alpha value is -0.0800. The van der Waals surface area contributed by atoms with Crippen LogP contribution in [0.5, 0.6) is 0 Å². The zero-order valence-corrected chi connectivity index (χ0v) is 7.31. The van der Waals surface area contributed by atoms with E-state index in [4.69, 9.17) is 10.5 Å². The van der Waals surface area contributed by atoms with Gasteiger partial charge in [-0.05, 0) is 18.3 Å². The van der Waals surface area contributed by atoms with Crippen LogP contribution in [0, 0.1) is 5.41 Å². The van der Waals surface area contributed by atoms with Gasteiger partial charge in [-0.25, -0.2) is 0 Å². The number of hydrogen-bond acceptors (Lipinski definition) is 2. The summed E-state index contributed by atoms with van der Waals surface area (Å²) in [7, 11) is 0. The summed E-state index contributed by atoms with van der Waals surface area (Å²) in [5.74, 6) is 0. The molecule has 0 aromatic carbocycles. The smallest absolute Gasteiger partial charge is 0.0940 e. The summed E-state index contributed by atoms with van der Waals surface area (Å²) >= 11 is 0. The number of hydrogen-bond donors (Lipinski definition) is 1. The van der Waals surface area contributed by atoms with E-state index in [-0.39, 0.29) is 0 Å². The molecule has 0 aliphatic heterocycles. The van der Waals surface area contributed by atoms with Crippen molar-refractivity contribution in [1.29, 1.82) is 0 Å². The van der Waals surface area contributed by atoms with Gasteiger partial charge in [-0.15, -0.1) is 0 Å². The summed E-state index contributed by atoms with van der Waals surface area (Å²) < 4.78 is 5.16. The van der Waals surface area contributed by atoms with E-state index >= 15 is 0 Å². The monoisotopic (exact) mass is 145 g/mol. The minimum Gasteiger partial charge on any atom is -0.366 e. The van der Waals surface area contributed by atoms with E-state index < -0.39 is 0 Å². The third-order valence-electron chi connectivity index (χ3n) is 2.28. The van der Waals surface area contributed by atoms with E-state index in [9.17, 15) is 0 Å². The Labute approximate surface area is 63.7 Å². The fourth-order valence-electron chi connectivity index (χ4n) is 0.759. The molecule has 0 fully saturated rings. The molecule has 0 aliphatic carbocycles. The summed E-state index contributed by atoms with van der Waals surface area (Å²) in [5, 5.41) is 0. The van der Waals surface area contributed by atoms with Gasteiger partial charge < -0.3 is 10.5 Å². The maximum Gasteiger partial charge on any atom is 0.0940 e. The largest absolute Gasteiger partial charge is 0.366 e. The number of nitrogens with two attached hydrogens (primary N) is 1. The molecule has 0 rings (SSSR count). The molecular weight excluding hydrogens is 126 g/mol. The molecule has 0 aliphatic rings. The van der Waals surface area contributed by atoms with E-state index in [1.54, 1.807) is 0 Å². The molecule has 0 atom stereocenters. The summed E-state index contributed by atoms with van der Waals surface area (Å²) in [6, 6.07) is 0. The Morgan fingerprint density at radius 3 is 2.10 bits per heavy atom. The standard InChI is InChI=1S/C8H19NO/c1-4-8(3,5-2)6-10-7-9/h4-7,9H2,1-3H3. The van der Waals surface area contributed by atoms with Gasteiger partial charge in [0.15, 0.2) is 0 Å². The van der Waals surface area contributed by atoms with Crippen molar-refractivity contribution in [2.24, 2.45) is 11.1 Å². The normalized spacial score (nSPS) is 12.0. The lowest BCUT2D eigenvalue weighted by Crippen LogP contribution is -2.23. The first-order valence-electron chi connectivity index (χ1n) is 3.96. The van der Waals surface area contributed by atoms with Gasteiger partial charge >= 0.3 is 0 Å². The summed E-state index contributed by atoms with van der Waals surface area (Å²) in [4.78, 5) is 0. The van der Waals surface area contributed by atoms with E-state index in [0.29, 0.717) is 12.1 Å². The van der Waals surface area contributed by atoms with Gasteiger partial charge in [-0.2, -0.15) is 0 Å². The molecular formula is C8H19NO. The van der Waals surface area contributed by atoms with Gasteiger partial charge in [0.05, 0.1) is 13.3 Å². The van der Waals surface area contributed by atoms with Gasteiger partial charge in [-0.1, -0.05) is 20.8 Å². The molecule has 0 saturated heterocycles. The molecule has 2 nitrogen and oxygen atoms in total. The molecule has 0 amide bonds. The van der Waals surface area contributed by atoms with Gasteiger partial charge in [0.1, 0.15) is 0 Å². The Balaban J connectivity index is 3.58. The molecule has 0 unspecified atom stereocenters. The van der Waals surface area contributed by atoms with Crippen LogP contribution in [0.3, 0.4) is 0 Å². The van der Waals surface area contributed by atoms with Crippen molar-refractivity contribution in [1.82, 2.24) is 0 Å². The predicted octanol–water partition coefficient (Wildman–Crippen LogP) is 1.75. The molecule has 0 radical (unpaired) electrons. The highest BCUT2D eigenvalue weighted by atomic mass is 16.5. The van der Waals surface area contributed by atoms with Crippen molar-refractivity contribution in [3.05, 3.63) is 0 Å².